The lowest BCUT2D eigenvalue weighted by molar-refractivity contribution is 0.423. The summed E-state index contributed by atoms with van der Waals surface area (Å²) < 4.78 is 0. The maximum Gasteiger partial charge on any atom is 0.0691 e. The molecule has 68 valence electrons. The molecule has 0 aromatic rings. The lowest BCUT2D eigenvalue weighted by atomic mass is 10.2. The largest absolute Gasteiger partial charge is 0.390 e. The molecule has 0 aromatic heterocycles. The molecule has 2 nitrogen and oxygen atoms in total. The molecule has 2 heteroatoms. The fourth-order valence-corrected chi connectivity index (χ4v) is 0.909. The van der Waals surface area contributed by atoms with Crippen molar-refractivity contribution in [2.75, 3.05) is 7.05 Å². The zero-order chi connectivity index (χ0) is 9.56. The van der Waals surface area contributed by atoms with Crippen LogP contribution in [-0.4, -0.2) is 18.0 Å². The lowest BCUT2D eigenvalue weighted by Gasteiger charge is -2.25. The molecule has 0 aliphatic rings. The second-order valence-corrected chi connectivity index (χ2v) is 2.56. The van der Waals surface area contributed by atoms with Gasteiger partial charge in [0.15, 0.2) is 0 Å². The summed E-state index contributed by atoms with van der Waals surface area (Å²) in [4.78, 5) is 2.00. The number of hydrogen-bond acceptors (Lipinski definition) is 2. The number of rotatable bonds is 5. The molecule has 0 aliphatic carbocycles. The van der Waals surface area contributed by atoms with E-state index in [1.54, 1.807) is 6.20 Å². The smallest absolute Gasteiger partial charge is 0.0691 e. The molecule has 0 saturated carbocycles. The molecule has 0 rings (SSSR count). The van der Waals surface area contributed by atoms with Gasteiger partial charge < -0.3 is 10.2 Å². The standard InChI is InChI=1S/C10H18N2/c1-6-8-12(7-2)10(4)9(3)11-5/h6-8,10-11H,2-3H2,1,4-5H3/b8-6-. The Morgan fingerprint density at radius 1 is 1.58 bits per heavy atom. The van der Waals surface area contributed by atoms with Crippen LogP contribution < -0.4 is 5.32 Å². The third-order valence-electron chi connectivity index (χ3n) is 1.80. The molecule has 0 radical (unpaired) electrons. The molecule has 1 unspecified atom stereocenters. The van der Waals surface area contributed by atoms with Crippen LogP contribution >= 0.6 is 0 Å². The molecule has 12 heavy (non-hydrogen) atoms. The Bertz CT molecular complexity index is 182. The van der Waals surface area contributed by atoms with Gasteiger partial charge in [0.1, 0.15) is 0 Å². The molecule has 0 aliphatic heterocycles. The van der Waals surface area contributed by atoms with E-state index in [0.29, 0.717) is 0 Å². The molecule has 0 fully saturated rings. The van der Waals surface area contributed by atoms with Gasteiger partial charge in [-0.2, -0.15) is 0 Å². The lowest BCUT2D eigenvalue weighted by Crippen LogP contribution is -2.29. The average molecular weight is 166 g/mol. The van der Waals surface area contributed by atoms with Gasteiger partial charge in [-0.05, 0) is 26.2 Å². The van der Waals surface area contributed by atoms with E-state index in [9.17, 15) is 0 Å². The van der Waals surface area contributed by atoms with E-state index in [-0.39, 0.29) is 6.04 Å². The normalized spacial score (nSPS) is 12.6. The maximum atomic E-state index is 3.89. The number of hydrogen-bond donors (Lipinski definition) is 1. The highest BCUT2D eigenvalue weighted by atomic mass is 15.1. The third-order valence-corrected chi connectivity index (χ3v) is 1.80. The number of nitrogens with one attached hydrogen (secondary N) is 1. The SMILES string of the molecule is C=CN(/C=C\C)C(C)C(=C)NC. The number of nitrogens with zero attached hydrogens (tertiary/aromatic N) is 1. The van der Waals surface area contributed by atoms with Crippen molar-refractivity contribution in [3.63, 3.8) is 0 Å². The van der Waals surface area contributed by atoms with Crippen molar-refractivity contribution in [2.45, 2.75) is 19.9 Å². The maximum absolute atomic E-state index is 3.89. The highest BCUT2D eigenvalue weighted by molar-refractivity contribution is 5.06. The molecule has 0 heterocycles. The van der Waals surface area contributed by atoms with Gasteiger partial charge in [-0.3, -0.25) is 0 Å². The molecule has 0 saturated heterocycles. The summed E-state index contributed by atoms with van der Waals surface area (Å²) in [5.41, 5.74) is 0.980. The summed E-state index contributed by atoms with van der Waals surface area (Å²) in [6, 6.07) is 0.240. The predicted molar refractivity (Wildman–Crippen MR) is 54.5 cm³/mol. The quantitative estimate of drug-likeness (QED) is 0.672. The van der Waals surface area contributed by atoms with E-state index in [4.69, 9.17) is 0 Å². The Kier molecular flexibility index (Phi) is 4.93. The Balaban J connectivity index is 4.29. The van der Waals surface area contributed by atoms with E-state index in [1.807, 2.05) is 31.1 Å². The van der Waals surface area contributed by atoms with Gasteiger partial charge in [0.2, 0.25) is 0 Å². The van der Waals surface area contributed by atoms with Crippen molar-refractivity contribution in [3.05, 3.63) is 37.3 Å². The Morgan fingerprint density at radius 3 is 2.50 bits per heavy atom. The van der Waals surface area contributed by atoms with Crippen LogP contribution in [0.1, 0.15) is 13.8 Å². The Morgan fingerprint density at radius 2 is 2.17 bits per heavy atom. The van der Waals surface area contributed by atoms with E-state index in [2.05, 4.69) is 25.4 Å². The van der Waals surface area contributed by atoms with E-state index >= 15 is 0 Å². The zero-order valence-electron chi connectivity index (χ0n) is 8.17. The predicted octanol–water partition coefficient (Wildman–Crippen LogP) is 2.09. The topological polar surface area (TPSA) is 15.3 Å². The number of allylic oxidation sites excluding steroid dienone is 1. The van der Waals surface area contributed by atoms with Crippen LogP contribution in [0.5, 0.6) is 0 Å². The molecule has 0 aromatic carbocycles. The minimum atomic E-state index is 0.240. The summed E-state index contributed by atoms with van der Waals surface area (Å²) in [5, 5.41) is 3.02. The van der Waals surface area contributed by atoms with Crippen LogP contribution in [-0.2, 0) is 0 Å². The van der Waals surface area contributed by atoms with Gasteiger partial charge in [-0.15, -0.1) is 0 Å². The monoisotopic (exact) mass is 166 g/mol. The highest BCUT2D eigenvalue weighted by Crippen LogP contribution is 2.06. The first-order chi connectivity index (χ1) is 5.67. The van der Waals surface area contributed by atoms with Crippen molar-refractivity contribution in [3.8, 4) is 0 Å². The second-order valence-electron chi connectivity index (χ2n) is 2.56. The van der Waals surface area contributed by atoms with Crippen LogP contribution in [0.4, 0.5) is 0 Å². The molecule has 0 bridgehead atoms. The first-order valence-electron chi connectivity index (χ1n) is 4.06. The van der Waals surface area contributed by atoms with Crippen molar-refractivity contribution < 1.29 is 0 Å². The van der Waals surface area contributed by atoms with Crippen LogP contribution in [0.15, 0.2) is 37.3 Å². The first-order valence-corrected chi connectivity index (χ1v) is 4.06. The van der Waals surface area contributed by atoms with Crippen molar-refractivity contribution in [1.82, 2.24) is 10.2 Å². The van der Waals surface area contributed by atoms with Crippen LogP contribution in [0.3, 0.4) is 0 Å². The zero-order valence-corrected chi connectivity index (χ0v) is 8.17. The summed E-state index contributed by atoms with van der Waals surface area (Å²) in [7, 11) is 1.87. The Hall–Kier alpha value is -1.18. The molecule has 1 N–H and O–H groups in total. The van der Waals surface area contributed by atoms with E-state index in [0.717, 1.165) is 5.70 Å². The first kappa shape index (κ1) is 10.8. The molecular formula is C10H18N2. The van der Waals surface area contributed by atoms with Gasteiger partial charge in [-0.1, -0.05) is 19.2 Å². The molecule has 0 amide bonds. The van der Waals surface area contributed by atoms with Crippen molar-refractivity contribution >= 4 is 0 Å². The van der Waals surface area contributed by atoms with Crippen LogP contribution in [0.2, 0.25) is 0 Å². The summed E-state index contributed by atoms with van der Waals surface area (Å²) in [5.74, 6) is 0. The van der Waals surface area contributed by atoms with Crippen LogP contribution in [0.25, 0.3) is 0 Å². The molecule has 1 atom stereocenters. The minimum Gasteiger partial charge on any atom is -0.390 e. The molecule has 0 spiro atoms. The van der Waals surface area contributed by atoms with E-state index < -0.39 is 0 Å². The van der Waals surface area contributed by atoms with Gasteiger partial charge in [-0.25, -0.2) is 0 Å². The van der Waals surface area contributed by atoms with Crippen LogP contribution in [0, 0.1) is 0 Å². The van der Waals surface area contributed by atoms with Gasteiger partial charge in [0.25, 0.3) is 0 Å². The summed E-state index contributed by atoms with van der Waals surface area (Å²) in [6.45, 7) is 11.7. The number of likely N-dealkylation sites (N-methyl/N-ethyl adjacent to an activating group) is 1. The fourth-order valence-electron chi connectivity index (χ4n) is 0.909. The Labute approximate surface area is 75.3 Å². The average Bonchev–Trinajstić information content (AvgIpc) is 2.11. The van der Waals surface area contributed by atoms with E-state index in [1.165, 1.54) is 0 Å². The highest BCUT2D eigenvalue weighted by Gasteiger charge is 2.08. The fraction of sp³-hybridized carbons (Fsp3) is 0.400. The van der Waals surface area contributed by atoms with Crippen molar-refractivity contribution in [1.29, 1.82) is 0 Å². The van der Waals surface area contributed by atoms with Gasteiger partial charge in [0.05, 0.1) is 6.04 Å². The van der Waals surface area contributed by atoms with Crippen molar-refractivity contribution in [2.24, 2.45) is 0 Å². The second kappa shape index (κ2) is 5.47. The van der Waals surface area contributed by atoms with Gasteiger partial charge >= 0.3 is 0 Å². The summed E-state index contributed by atoms with van der Waals surface area (Å²) >= 11 is 0. The van der Waals surface area contributed by atoms with Gasteiger partial charge in [0, 0.05) is 12.7 Å². The summed E-state index contributed by atoms with van der Waals surface area (Å²) in [6.07, 6.45) is 5.73. The molecular weight excluding hydrogens is 148 g/mol. The minimum absolute atomic E-state index is 0.240. The third kappa shape index (κ3) is 2.82.